The van der Waals surface area contributed by atoms with Crippen molar-refractivity contribution < 1.29 is 5.11 Å². The molecule has 0 saturated heterocycles. The van der Waals surface area contributed by atoms with E-state index in [1.807, 2.05) is 10.6 Å². The lowest BCUT2D eigenvalue weighted by molar-refractivity contribution is 0.475. The van der Waals surface area contributed by atoms with E-state index in [1.54, 1.807) is 18.3 Å². The minimum atomic E-state index is 0.268. The van der Waals surface area contributed by atoms with Crippen molar-refractivity contribution in [1.29, 1.82) is 0 Å². The van der Waals surface area contributed by atoms with Gasteiger partial charge in [0.25, 0.3) is 0 Å². The molecule has 90 valence electrons. The van der Waals surface area contributed by atoms with Gasteiger partial charge >= 0.3 is 0 Å². The van der Waals surface area contributed by atoms with E-state index in [-0.39, 0.29) is 5.75 Å². The van der Waals surface area contributed by atoms with Gasteiger partial charge in [0.05, 0.1) is 11.7 Å². The minimum Gasteiger partial charge on any atom is -0.508 e. The number of rotatable bonds is 2. The number of benzene rings is 1. The Balaban J connectivity index is 2.00. The molecule has 0 unspecified atom stereocenters. The van der Waals surface area contributed by atoms with Gasteiger partial charge in [-0.05, 0) is 18.6 Å². The van der Waals surface area contributed by atoms with Gasteiger partial charge in [0, 0.05) is 18.7 Å². The first-order valence-electron chi connectivity index (χ1n) is 5.93. The average Bonchev–Trinajstić information content (AvgIpc) is 2.72. The van der Waals surface area contributed by atoms with Crippen LogP contribution in [0, 0.1) is 6.92 Å². The second-order valence-electron chi connectivity index (χ2n) is 4.52. The summed E-state index contributed by atoms with van der Waals surface area (Å²) in [7, 11) is 0. The van der Waals surface area contributed by atoms with Crippen LogP contribution in [0.5, 0.6) is 5.75 Å². The second-order valence-corrected chi connectivity index (χ2v) is 4.52. The van der Waals surface area contributed by atoms with Crippen LogP contribution in [-0.2, 0) is 6.42 Å². The standard InChI is InChI=1S/C15H14N2O/c1-11-3-2-4-12(7-11)8-15-16-10-13-9-14(18)5-6-17(13)15/h2-7,9-10,18H,8H2,1H3. The molecule has 0 fully saturated rings. The van der Waals surface area contributed by atoms with E-state index in [0.29, 0.717) is 0 Å². The van der Waals surface area contributed by atoms with Gasteiger partial charge in [-0.2, -0.15) is 0 Å². The summed E-state index contributed by atoms with van der Waals surface area (Å²) in [6.07, 6.45) is 4.42. The molecule has 0 aliphatic heterocycles. The third kappa shape index (κ3) is 1.95. The zero-order valence-corrected chi connectivity index (χ0v) is 10.2. The lowest BCUT2D eigenvalue weighted by Gasteiger charge is -2.03. The fourth-order valence-corrected chi connectivity index (χ4v) is 2.18. The Morgan fingerprint density at radius 2 is 2.11 bits per heavy atom. The Labute approximate surface area is 105 Å². The summed E-state index contributed by atoms with van der Waals surface area (Å²) >= 11 is 0. The van der Waals surface area contributed by atoms with Crippen LogP contribution in [0.4, 0.5) is 0 Å². The van der Waals surface area contributed by atoms with Gasteiger partial charge in [0.1, 0.15) is 11.6 Å². The van der Waals surface area contributed by atoms with E-state index in [1.165, 1.54) is 11.1 Å². The van der Waals surface area contributed by atoms with Gasteiger partial charge in [-0.25, -0.2) is 4.98 Å². The Bertz CT molecular complexity index is 701. The molecule has 0 amide bonds. The molecule has 3 rings (SSSR count). The molecule has 0 saturated carbocycles. The number of aryl methyl sites for hydroxylation is 1. The fraction of sp³-hybridized carbons (Fsp3) is 0.133. The molecule has 1 aromatic carbocycles. The van der Waals surface area contributed by atoms with Crippen molar-refractivity contribution >= 4 is 5.52 Å². The maximum atomic E-state index is 9.42. The summed E-state index contributed by atoms with van der Waals surface area (Å²) in [5.41, 5.74) is 3.42. The second kappa shape index (κ2) is 4.18. The number of fused-ring (bicyclic) bond motifs is 1. The van der Waals surface area contributed by atoms with Gasteiger partial charge in [-0.1, -0.05) is 29.8 Å². The van der Waals surface area contributed by atoms with Crippen molar-refractivity contribution in [2.45, 2.75) is 13.3 Å². The summed E-state index contributed by atoms with van der Waals surface area (Å²) in [5.74, 6) is 1.25. The molecule has 0 aliphatic rings. The molecule has 0 radical (unpaired) electrons. The monoisotopic (exact) mass is 238 g/mol. The van der Waals surface area contributed by atoms with Crippen molar-refractivity contribution in [1.82, 2.24) is 9.38 Å². The number of aromatic hydroxyl groups is 1. The average molecular weight is 238 g/mol. The van der Waals surface area contributed by atoms with Crippen LogP contribution < -0.4 is 0 Å². The Kier molecular flexibility index (Phi) is 2.52. The molecule has 0 bridgehead atoms. The van der Waals surface area contributed by atoms with E-state index >= 15 is 0 Å². The van der Waals surface area contributed by atoms with Crippen LogP contribution in [0.15, 0.2) is 48.8 Å². The van der Waals surface area contributed by atoms with Gasteiger partial charge in [0.15, 0.2) is 0 Å². The van der Waals surface area contributed by atoms with E-state index in [2.05, 4.69) is 36.2 Å². The highest BCUT2D eigenvalue weighted by molar-refractivity contribution is 5.50. The van der Waals surface area contributed by atoms with E-state index in [9.17, 15) is 5.11 Å². The van der Waals surface area contributed by atoms with E-state index in [4.69, 9.17) is 0 Å². The van der Waals surface area contributed by atoms with Gasteiger partial charge in [-0.3, -0.25) is 0 Å². The first-order chi connectivity index (χ1) is 8.72. The van der Waals surface area contributed by atoms with Crippen molar-refractivity contribution in [3.63, 3.8) is 0 Å². The Morgan fingerprint density at radius 3 is 2.94 bits per heavy atom. The predicted octanol–water partition coefficient (Wildman–Crippen LogP) is 2.94. The molecule has 2 heterocycles. The normalized spacial score (nSPS) is 10.9. The van der Waals surface area contributed by atoms with E-state index in [0.717, 1.165) is 17.8 Å². The van der Waals surface area contributed by atoms with Crippen molar-refractivity contribution in [2.75, 3.05) is 0 Å². The molecule has 18 heavy (non-hydrogen) atoms. The molecule has 2 aromatic heterocycles. The number of pyridine rings is 1. The molecule has 3 nitrogen and oxygen atoms in total. The SMILES string of the molecule is Cc1cccc(Cc2ncc3cc(O)ccn23)c1. The van der Waals surface area contributed by atoms with E-state index < -0.39 is 0 Å². The third-order valence-electron chi connectivity index (χ3n) is 3.04. The van der Waals surface area contributed by atoms with Crippen molar-refractivity contribution in [3.05, 3.63) is 65.7 Å². The largest absolute Gasteiger partial charge is 0.508 e. The highest BCUT2D eigenvalue weighted by Crippen LogP contribution is 2.16. The molecule has 0 atom stereocenters. The van der Waals surface area contributed by atoms with Crippen LogP contribution in [0.1, 0.15) is 17.0 Å². The zero-order chi connectivity index (χ0) is 12.5. The maximum Gasteiger partial charge on any atom is 0.119 e. The first-order valence-corrected chi connectivity index (χ1v) is 5.93. The number of aromatic nitrogens is 2. The van der Waals surface area contributed by atoms with Crippen LogP contribution in [0.3, 0.4) is 0 Å². The smallest absolute Gasteiger partial charge is 0.119 e. The van der Waals surface area contributed by atoms with Gasteiger partial charge < -0.3 is 9.51 Å². The fourth-order valence-electron chi connectivity index (χ4n) is 2.18. The Hall–Kier alpha value is -2.29. The lowest BCUT2D eigenvalue weighted by atomic mass is 10.1. The molecule has 3 heteroatoms. The topological polar surface area (TPSA) is 37.5 Å². The van der Waals surface area contributed by atoms with Gasteiger partial charge in [-0.15, -0.1) is 0 Å². The van der Waals surface area contributed by atoms with Crippen molar-refractivity contribution in [3.8, 4) is 5.75 Å². The Morgan fingerprint density at radius 1 is 1.22 bits per heavy atom. The first kappa shape index (κ1) is 10.8. The molecular formula is C15H14N2O. The van der Waals surface area contributed by atoms with Crippen LogP contribution in [0.2, 0.25) is 0 Å². The highest BCUT2D eigenvalue weighted by atomic mass is 16.3. The van der Waals surface area contributed by atoms with Crippen LogP contribution >= 0.6 is 0 Å². The molecule has 0 aliphatic carbocycles. The zero-order valence-electron chi connectivity index (χ0n) is 10.2. The minimum absolute atomic E-state index is 0.268. The van der Waals surface area contributed by atoms with Gasteiger partial charge in [0.2, 0.25) is 0 Å². The van der Waals surface area contributed by atoms with Crippen LogP contribution in [-0.4, -0.2) is 14.5 Å². The quantitative estimate of drug-likeness (QED) is 0.745. The predicted molar refractivity (Wildman–Crippen MR) is 70.8 cm³/mol. The number of imidazole rings is 1. The molecular weight excluding hydrogens is 224 g/mol. The molecule has 0 spiro atoms. The molecule has 1 N–H and O–H groups in total. The third-order valence-corrected chi connectivity index (χ3v) is 3.04. The summed E-state index contributed by atoms with van der Waals surface area (Å²) in [6, 6.07) is 11.8. The lowest BCUT2D eigenvalue weighted by Crippen LogP contribution is -1.96. The van der Waals surface area contributed by atoms with Crippen molar-refractivity contribution in [2.24, 2.45) is 0 Å². The summed E-state index contributed by atoms with van der Waals surface area (Å²) < 4.78 is 2.00. The van der Waals surface area contributed by atoms with Crippen LogP contribution in [0.25, 0.3) is 5.52 Å². The number of hydrogen-bond acceptors (Lipinski definition) is 2. The summed E-state index contributed by atoms with van der Waals surface area (Å²) in [6.45, 7) is 2.09. The molecule has 3 aromatic rings. The maximum absolute atomic E-state index is 9.42. The number of hydrogen-bond donors (Lipinski definition) is 1. The number of nitrogens with zero attached hydrogens (tertiary/aromatic N) is 2. The summed E-state index contributed by atoms with van der Waals surface area (Å²) in [5, 5.41) is 9.42. The summed E-state index contributed by atoms with van der Waals surface area (Å²) in [4.78, 5) is 4.41. The highest BCUT2D eigenvalue weighted by Gasteiger charge is 2.05.